The fourth-order valence-electron chi connectivity index (χ4n) is 12.4. The highest BCUT2D eigenvalue weighted by atomic mass is 16.6. The third kappa shape index (κ3) is 3.81. The third-order valence-electron chi connectivity index (χ3n) is 14.5. The van der Waals surface area contributed by atoms with Crippen molar-refractivity contribution in [2.75, 3.05) is 32.8 Å². The van der Waals surface area contributed by atoms with Gasteiger partial charge in [0.05, 0.1) is 41.7 Å². The molecule has 0 radical (unpaired) electrons. The second kappa shape index (κ2) is 9.89. The lowest BCUT2D eigenvalue weighted by atomic mass is 9.54. The first-order valence-electron chi connectivity index (χ1n) is 17.4. The standard InChI is InChI=1S/C36H49NO9/c1-19-6-7-23-25(19)28-26(24(44-20(2)38)16-33(23,4)41)36(31(40)46-28)18-35-11-10-32(36,3)29(35)27-21(8-9-34(35,5)42)22(30(39)45-27)17-37-12-14-43-15-13-37/h6,10-11,21-29,41-42H,7-9,12-18H2,1-5H3/t21-,22+,23-,24+,25+,26-,27+,28-,29+,32-,33-,34-,35+,36+/m1/s1. The number of rotatable bonds is 3. The Morgan fingerprint density at radius 1 is 1.09 bits per heavy atom. The van der Waals surface area contributed by atoms with Crippen molar-refractivity contribution in [3.05, 3.63) is 23.8 Å². The third-order valence-corrected chi connectivity index (χ3v) is 14.5. The quantitative estimate of drug-likeness (QED) is 0.270. The Kier molecular flexibility index (Phi) is 6.67. The summed E-state index contributed by atoms with van der Waals surface area (Å²) in [5, 5.41) is 24.4. The number of nitrogens with zero attached hydrogens (tertiary/aromatic N) is 1. The molecule has 5 aliphatic carbocycles. The first-order chi connectivity index (χ1) is 21.7. The molecule has 2 N–H and O–H groups in total. The summed E-state index contributed by atoms with van der Waals surface area (Å²) >= 11 is 0. The molecule has 0 aromatic rings. The molecular formula is C36H49NO9. The maximum absolute atomic E-state index is 14.8. The molecule has 8 aliphatic rings. The SMILES string of the molecule is CC(=O)O[C@H]1C[C@@](C)(O)[C@@H]2CC=C(C)[C@@H]2[C@H]2OC(=O)[C@]3(C[C@@]45C=C[C@]3(C)[C@@H]4[C@H]3OC(=O)[C@@H](CN4CCOCC4)[C@H]3CC[C@@]5(C)O)[C@@H]21. The summed E-state index contributed by atoms with van der Waals surface area (Å²) in [7, 11) is 0. The van der Waals surface area contributed by atoms with Gasteiger partial charge in [-0.15, -0.1) is 0 Å². The summed E-state index contributed by atoms with van der Waals surface area (Å²) in [6.45, 7) is 12.6. The Labute approximate surface area is 270 Å². The van der Waals surface area contributed by atoms with Crippen LogP contribution in [0.25, 0.3) is 0 Å². The Morgan fingerprint density at radius 3 is 2.54 bits per heavy atom. The number of fused-ring (bicyclic) bond motifs is 6. The molecule has 46 heavy (non-hydrogen) atoms. The van der Waals surface area contributed by atoms with Crippen LogP contribution in [-0.2, 0) is 33.3 Å². The fourth-order valence-corrected chi connectivity index (χ4v) is 12.4. The van der Waals surface area contributed by atoms with Gasteiger partial charge in [0.15, 0.2) is 0 Å². The fraction of sp³-hybridized carbons (Fsp3) is 0.806. The number of hydrogen-bond acceptors (Lipinski definition) is 10. The highest BCUT2D eigenvalue weighted by Gasteiger charge is 2.85. The maximum atomic E-state index is 14.8. The number of allylic oxidation sites excluding steroid dienone is 2. The van der Waals surface area contributed by atoms with Crippen molar-refractivity contribution in [3.8, 4) is 0 Å². The predicted molar refractivity (Wildman–Crippen MR) is 164 cm³/mol. The lowest BCUT2D eigenvalue weighted by molar-refractivity contribution is -0.165. The molecule has 3 heterocycles. The van der Waals surface area contributed by atoms with Crippen molar-refractivity contribution in [2.24, 2.45) is 51.8 Å². The first kappa shape index (κ1) is 31.0. The molecule has 14 atom stereocenters. The van der Waals surface area contributed by atoms with Gasteiger partial charge in [-0.2, -0.15) is 0 Å². The van der Waals surface area contributed by atoms with E-state index in [0.717, 1.165) is 18.7 Å². The number of carbonyl (C=O) groups is 3. The van der Waals surface area contributed by atoms with E-state index in [1.54, 1.807) is 0 Å². The molecule has 10 nitrogen and oxygen atoms in total. The molecule has 6 fully saturated rings. The minimum Gasteiger partial charge on any atom is -0.462 e. The van der Waals surface area contributed by atoms with Gasteiger partial charge >= 0.3 is 17.9 Å². The van der Waals surface area contributed by atoms with E-state index in [9.17, 15) is 24.6 Å². The van der Waals surface area contributed by atoms with E-state index in [4.69, 9.17) is 18.9 Å². The Bertz CT molecular complexity index is 1410. The molecule has 0 amide bonds. The van der Waals surface area contributed by atoms with Crippen LogP contribution < -0.4 is 0 Å². The van der Waals surface area contributed by atoms with Crippen LogP contribution in [-0.4, -0.2) is 95.4 Å². The zero-order valence-corrected chi connectivity index (χ0v) is 27.7. The summed E-state index contributed by atoms with van der Waals surface area (Å²) in [4.78, 5) is 43.5. The van der Waals surface area contributed by atoms with E-state index < -0.39 is 57.6 Å². The van der Waals surface area contributed by atoms with Gasteiger partial charge in [-0.05, 0) is 46.5 Å². The van der Waals surface area contributed by atoms with E-state index in [1.807, 2.05) is 20.8 Å². The zero-order valence-electron chi connectivity index (χ0n) is 27.7. The van der Waals surface area contributed by atoms with Crippen LogP contribution in [0.1, 0.15) is 66.7 Å². The van der Waals surface area contributed by atoms with Crippen molar-refractivity contribution in [1.82, 2.24) is 4.90 Å². The minimum absolute atomic E-state index is 0.111. The number of morpholine rings is 1. The number of esters is 3. The van der Waals surface area contributed by atoms with Gasteiger partial charge in [0.2, 0.25) is 0 Å². The second-order valence-electron chi connectivity index (χ2n) is 16.6. The molecule has 3 aliphatic heterocycles. The van der Waals surface area contributed by atoms with E-state index >= 15 is 0 Å². The van der Waals surface area contributed by atoms with E-state index in [1.165, 1.54) is 6.92 Å². The van der Waals surface area contributed by atoms with Crippen molar-refractivity contribution in [3.63, 3.8) is 0 Å². The molecule has 10 heteroatoms. The first-order valence-corrected chi connectivity index (χ1v) is 17.4. The Hall–Kier alpha value is -2.27. The summed E-state index contributed by atoms with van der Waals surface area (Å²) < 4.78 is 24.6. The molecule has 8 rings (SSSR count). The van der Waals surface area contributed by atoms with Crippen molar-refractivity contribution < 1.29 is 43.5 Å². The Morgan fingerprint density at radius 2 is 1.83 bits per heavy atom. The average Bonchev–Trinajstić information content (AvgIpc) is 3.70. The highest BCUT2D eigenvalue weighted by Crippen LogP contribution is 2.80. The lowest BCUT2D eigenvalue weighted by Gasteiger charge is -2.46. The number of carbonyl (C=O) groups excluding carboxylic acids is 3. The van der Waals surface area contributed by atoms with E-state index in [2.05, 4.69) is 30.1 Å². The van der Waals surface area contributed by atoms with Gasteiger partial charge in [0.1, 0.15) is 18.3 Å². The molecular weight excluding hydrogens is 590 g/mol. The summed E-state index contributed by atoms with van der Waals surface area (Å²) in [5.74, 6) is -2.76. The number of ether oxygens (including phenoxy) is 4. The van der Waals surface area contributed by atoms with Crippen LogP contribution in [0.3, 0.4) is 0 Å². The summed E-state index contributed by atoms with van der Waals surface area (Å²) in [5.41, 5.74) is -4.16. The van der Waals surface area contributed by atoms with Crippen molar-refractivity contribution >= 4 is 17.9 Å². The van der Waals surface area contributed by atoms with E-state index in [0.29, 0.717) is 45.4 Å². The van der Waals surface area contributed by atoms with Gasteiger partial charge in [0, 0.05) is 67.5 Å². The van der Waals surface area contributed by atoms with Crippen LogP contribution in [0, 0.1) is 51.8 Å². The average molecular weight is 640 g/mol. The van der Waals surface area contributed by atoms with Crippen LogP contribution in [0.4, 0.5) is 0 Å². The summed E-state index contributed by atoms with van der Waals surface area (Å²) in [6.07, 6.45) is 6.75. The van der Waals surface area contributed by atoms with Gasteiger partial charge < -0.3 is 29.2 Å². The Balaban J connectivity index is 1.26. The van der Waals surface area contributed by atoms with Gasteiger partial charge in [-0.25, -0.2) is 0 Å². The molecule has 2 bridgehead atoms. The van der Waals surface area contributed by atoms with E-state index in [-0.39, 0.29) is 47.9 Å². The molecule has 1 spiro atoms. The smallest absolute Gasteiger partial charge is 0.313 e. The predicted octanol–water partition coefficient (Wildman–Crippen LogP) is 2.80. The highest BCUT2D eigenvalue weighted by molar-refractivity contribution is 5.84. The van der Waals surface area contributed by atoms with Crippen LogP contribution in [0.5, 0.6) is 0 Å². The van der Waals surface area contributed by atoms with Crippen LogP contribution in [0.2, 0.25) is 0 Å². The molecule has 0 aromatic carbocycles. The zero-order chi connectivity index (χ0) is 32.6. The largest absolute Gasteiger partial charge is 0.462 e. The van der Waals surface area contributed by atoms with Gasteiger partial charge in [-0.3, -0.25) is 19.3 Å². The lowest BCUT2D eigenvalue weighted by Crippen LogP contribution is -2.53. The number of hydrogen-bond donors (Lipinski definition) is 2. The monoisotopic (exact) mass is 639 g/mol. The topological polar surface area (TPSA) is 132 Å². The summed E-state index contributed by atoms with van der Waals surface area (Å²) in [6, 6.07) is 0. The van der Waals surface area contributed by atoms with Crippen LogP contribution in [0.15, 0.2) is 23.8 Å². The van der Waals surface area contributed by atoms with Crippen LogP contribution >= 0.6 is 0 Å². The van der Waals surface area contributed by atoms with Gasteiger partial charge in [0.25, 0.3) is 0 Å². The second-order valence-corrected chi connectivity index (χ2v) is 16.6. The van der Waals surface area contributed by atoms with Crippen molar-refractivity contribution in [2.45, 2.75) is 96.2 Å². The number of aliphatic hydroxyl groups is 2. The van der Waals surface area contributed by atoms with Crippen molar-refractivity contribution in [1.29, 1.82) is 0 Å². The minimum atomic E-state index is -1.19. The van der Waals surface area contributed by atoms with Gasteiger partial charge in [-0.1, -0.05) is 30.7 Å². The molecule has 0 aromatic heterocycles. The molecule has 3 saturated carbocycles. The maximum Gasteiger partial charge on any atom is 0.313 e. The molecule has 252 valence electrons. The molecule has 3 saturated heterocycles. The normalized spacial score (nSPS) is 53.9. The molecule has 0 unspecified atom stereocenters.